The van der Waals surface area contributed by atoms with Crippen molar-refractivity contribution in [2.45, 2.75) is 62.9 Å². The number of esters is 1. The van der Waals surface area contributed by atoms with Gasteiger partial charge in [0.1, 0.15) is 22.8 Å². The number of benzene rings is 3. The number of rotatable bonds is 9. The van der Waals surface area contributed by atoms with E-state index in [4.69, 9.17) is 14.2 Å². The van der Waals surface area contributed by atoms with Crippen molar-refractivity contribution in [3.63, 3.8) is 0 Å². The third-order valence-corrected chi connectivity index (χ3v) is 9.62. The molecule has 3 aromatic rings. The predicted octanol–water partition coefficient (Wildman–Crippen LogP) is 5.75. The van der Waals surface area contributed by atoms with Crippen LogP contribution in [0.3, 0.4) is 0 Å². The van der Waals surface area contributed by atoms with Crippen molar-refractivity contribution in [2.75, 3.05) is 13.7 Å². The second kappa shape index (κ2) is 14.2. The molecule has 0 radical (unpaired) electrons. The van der Waals surface area contributed by atoms with Gasteiger partial charge < -0.3 is 29.3 Å². The molecule has 10 nitrogen and oxygen atoms in total. The Morgan fingerprint density at radius 2 is 1.59 bits per heavy atom. The van der Waals surface area contributed by atoms with Gasteiger partial charge in [0.15, 0.2) is 12.1 Å². The maximum Gasteiger partial charge on any atom is 0.408 e. The van der Waals surface area contributed by atoms with Crippen molar-refractivity contribution in [3.05, 3.63) is 124 Å². The van der Waals surface area contributed by atoms with Gasteiger partial charge in [-0.3, -0.25) is 9.59 Å². The highest BCUT2D eigenvalue weighted by molar-refractivity contribution is 8.03. The lowest BCUT2D eigenvalue weighted by Crippen LogP contribution is -2.74. The summed E-state index contributed by atoms with van der Waals surface area (Å²) in [6, 6.07) is 24.3. The first-order valence-corrected chi connectivity index (χ1v) is 17.1. The van der Waals surface area contributed by atoms with Crippen LogP contribution in [0.2, 0.25) is 0 Å². The molecule has 3 aliphatic heterocycles. The molecule has 3 heterocycles. The zero-order valence-corrected chi connectivity index (χ0v) is 28.6. The van der Waals surface area contributed by atoms with E-state index < -0.39 is 47.1 Å². The molecule has 254 valence electrons. The minimum atomic E-state index is -1.14. The predicted molar refractivity (Wildman–Crippen MR) is 185 cm³/mol. The topological polar surface area (TPSA) is 114 Å². The average molecular weight is 682 g/mol. The molecular weight excluding hydrogens is 642 g/mol. The Morgan fingerprint density at radius 3 is 2.18 bits per heavy atom. The van der Waals surface area contributed by atoms with E-state index >= 15 is 0 Å². The molecule has 2 fully saturated rings. The molecule has 0 aliphatic carbocycles. The number of nitrogens with one attached hydrogen (secondary N) is 1. The van der Waals surface area contributed by atoms with E-state index in [1.54, 1.807) is 44.3 Å². The second-order valence-electron chi connectivity index (χ2n) is 13.0. The van der Waals surface area contributed by atoms with Crippen LogP contribution in [0.1, 0.15) is 50.0 Å². The molecule has 0 saturated carbocycles. The van der Waals surface area contributed by atoms with E-state index in [0.717, 1.165) is 22.4 Å². The average Bonchev–Trinajstić information content (AvgIpc) is 3.43. The summed E-state index contributed by atoms with van der Waals surface area (Å²) in [6.45, 7) is 6.17. The standard InChI is InChI=1S/C38H39N3O7S/c1-38(2,3)48-37(45)39-30-34(43)41-31(36(44)47-32(25-11-7-5-8-12-25)26-13-9-6-10-14-26)28(23-49-35(30)41)21-27-19-20-40(33(27)42)22-24-15-17-29(46-4)18-16-24/h5-18,21,23,30-32,35H,19-20,22H2,1-4H3,(H,39,45)/b27-21+/t30-,31-,35-/m1/s1. The van der Waals surface area contributed by atoms with Gasteiger partial charge in [0, 0.05) is 18.7 Å². The van der Waals surface area contributed by atoms with Gasteiger partial charge in [0.25, 0.3) is 0 Å². The Morgan fingerprint density at radius 1 is 0.959 bits per heavy atom. The van der Waals surface area contributed by atoms with Gasteiger partial charge in [0.05, 0.1) is 7.11 Å². The fourth-order valence-electron chi connectivity index (χ4n) is 6.08. The SMILES string of the molecule is COc1ccc(CN2CC/C(=C\C3=CS[C@@H]4[C@H](NC(=O)OC(C)(C)C)C(=O)N4[C@H]3C(=O)OC(c3ccccc3)c3ccccc3)C2=O)cc1. The van der Waals surface area contributed by atoms with Crippen LogP contribution in [0.15, 0.2) is 108 Å². The normalized spacial score (nSPS) is 21.2. The van der Waals surface area contributed by atoms with E-state index in [1.165, 1.54) is 16.7 Å². The van der Waals surface area contributed by atoms with Crippen molar-refractivity contribution in [1.29, 1.82) is 0 Å². The summed E-state index contributed by atoms with van der Waals surface area (Å²) < 4.78 is 16.9. The lowest BCUT2D eigenvalue weighted by Gasteiger charge is -2.51. The van der Waals surface area contributed by atoms with Gasteiger partial charge in [-0.1, -0.05) is 72.8 Å². The van der Waals surface area contributed by atoms with Crippen LogP contribution in [-0.4, -0.2) is 70.4 Å². The fourth-order valence-corrected chi connectivity index (χ4v) is 7.27. The van der Waals surface area contributed by atoms with Crippen LogP contribution in [0.5, 0.6) is 5.75 Å². The number of methoxy groups -OCH3 is 1. The highest BCUT2D eigenvalue weighted by atomic mass is 32.2. The summed E-state index contributed by atoms with van der Waals surface area (Å²) in [7, 11) is 1.61. The quantitative estimate of drug-likeness (QED) is 0.173. The summed E-state index contributed by atoms with van der Waals surface area (Å²) in [4.78, 5) is 57.4. The molecular formula is C38H39N3O7S. The fraction of sp³-hybridized carbons (Fsp3) is 0.316. The number of ether oxygens (including phenoxy) is 3. The summed E-state index contributed by atoms with van der Waals surface area (Å²) in [5, 5.41) is 3.88. The monoisotopic (exact) mass is 681 g/mol. The van der Waals surface area contributed by atoms with Crippen LogP contribution >= 0.6 is 11.8 Å². The number of fused-ring (bicyclic) bond motifs is 1. The Labute approximate surface area is 290 Å². The zero-order valence-electron chi connectivity index (χ0n) is 27.8. The first-order valence-electron chi connectivity index (χ1n) is 16.1. The van der Waals surface area contributed by atoms with E-state index in [9.17, 15) is 19.2 Å². The largest absolute Gasteiger partial charge is 0.497 e. The van der Waals surface area contributed by atoms with Crippen molar-refractivity contribution in [3.8, 4) is 5.75 Å². The number of amides is 3. The molecule has 0 spiro atoms. The number of likely N-dealkylation sites (tertiary alicyclic amines) is 1. The number of nitrogens with zero attached hydrogens (tertiary/aromatic N) is 2. The van der Waals surface area contributed by atoms with E-state index in [0.29, 0.717) is 30.7 Å². The minimum absolute atomic E-state index is 0.137. The molecule has 3 atom stereocenters. The van der Waals surface area contributed by atoms with Crippen molar-refractivity contribution < 1.29 is 33.4 Å². The molecule has 0 bridgehead atoms. The van der Waals surface area contributed by atoms with E-state index in [-0.39, 0.29) is 5.91 Å². The first-order chi connectivity index (χ1) is 23.5. The van der Waals surface area contributed by atoms with Crippen molar-refractivity contribution in [1.82, 2.24) is 15.1 Å². The Kier molecular flexibility index (Phi) is 9.82. The van der Waals surface area contributed by atoms with Gasteiger partial charge >= 0.3 is 12.1 Å². The molecule has 0 aromatic heterocycles. The number of hydrogen-bond donors (Lipinski definition) is 1. The molecule has 2 saturated heterocycles. The van der Waals surface area contributed by atoms with Crippen LogP contribution in [0.4, 0.5) is 4.79 Å². The number of alkyl carbamates (subject to hydrolysis) is 1. The third-order valence-electron chi connectivity index (χ3n) is 8.44. The van der Waals surface area contributed by atoms with Crippen LogP contribution in [0.25, 0.3) is 0 Å². The molecule has 11 heteroatoms. The molecule has 6 rings (SSSR count). The first kappa shape index (κ1) is 33.9. The molecule has 3 aromatic carbocycles. The smallest absolute Gasteiger partial charge is 0.408 e. The highest BCUT2D eigenvalue weighted by Gasteiger charge is 2.56. The minimum Gasteiger partial charge on any atom is -0.497 e. The van der Waals surface area contributed by atoms with Gasteiger partial charge in [-0.05, 0) is 73.1 Å². The molecule has 3 amide bonds. The number of carbonyl (C=O) groups is 4. The lowest BCUT2D eigenvalue weighted by molar-refractivity contribution is -0.164. The summed E-state index contributed by atoms with van der Waals surface area (Å²) in [5.41, 5.74) is 2.77. The molecule has 3 aliphatic rings. The van der Waals surface area contributed by atoms with Gasteiger partial charge in [-0.2, -0.15) is 0 Å². The second-order valence-corrected chi connectivity index (χ2v) is 14.0. The number of carbonyl (C=O) groups excluding carboxylic acids is 4. The molecule has 1 N–H and O–H groups in total. The molecule has 0 unspecified atom stereocenters. The Balaban J connectivity index is 1.28. The lowest BCUT2D eigenvalue weighted by atomic mass is 9.95. The van der Waals surface area contributed by atoms with E-state index in [2.05, 4.69) is 5.32 Å². The van der Waals surface area contributed by atoms with Crippen molar-refractivity contribution >= 4 is 35.6 Å². The van der Waals surface area contributed by atoms with Crippen molar-refractivity contribution in [2.24, 2.45) is 0 Å². The van der Waals surface area contributed by atoms with E-state index in [1.807, 2.05) is 84.9 Å². The number of hydrogen-bond acceptors (Lipinski definition) is 8. The molecule has 49 heavy (non-hydrogen) atoms. The van der Waals surface area contributed by atoms with Crippen LogP contribution in [-0.2, 0) is 30.4 Å². The van der Waals surface area contributed by atoms with Gasteiger partial charge in [-0.15, -0.1) is 11.8 Å². The zero-order chi connectivity index (χ0) is 34.7. The summed E-state index contributed by atoms with van der Waals surface area (Å²) in [5.74, 6) is -0.484. The highest BCUT2D eigenvalue weighted by Crippen LogP contribution is 2.42. The Bertz CT molecular complexity index is 1730. The summed E-state index contributed by atoms with van der Waals surface area (Å²) >= 11 is 1.30. The van der Waals surface area contributed by atoms with Gasteiger partial charge in [-0.25, -0.2) is 9.59 Å². The maximum atomic E-state index is 14.3. The van der Waals surface area contributed by atoms with Gasteiger partial charge in [0.2, 0.25) is 11.8 Å². The number of thioether (sulfide) groups is 1. The van der Waals surface area contributed by atoms with Crippen LogP contribution < -0.4 is 10.1 Å². The summed E-state index contributed by atoms with van der Waals surface area (Å²) in [6.07, 6.45) is 0.740. The Hall–Kier alpha value is -5.03. The third kappa shape index (κ3) is 7.51. The maximum absolute atomic E-state index is 14.3. The van der Waals surface area contributed by atoms with Crippen LogP contribution in [0, 0.1) is 0 Å². The number of β-lactam (4-membered cyclic amide) rings is 1.